The smallest absolute Gasteiger partial charge is 0.321 e. The Morgan fingerprint density at radius 2 is 1.67 bits per heavy atom. The van der Waals surface area contributed by atoms with E-state index in [2.05, 4.69) is 0 Å². The molecular formula is C11H16N2O6S2. The molecule has 0 spiro atoms. The van der Waals surface area contributed by atoms with Crippen LogP contribution in [-0.4, -0.2) is 52.4 Å². The Morgan fingerprint density at radius 3 is 2.10 bits per heavy atom. The lowest BCUT2D eigenvalue weighted by Crippen LogP contribution is -2.40. The van der Waals surface area contributed by atoms with Crippen molar-refractivity contribution in [1.82, 2.24) is 9.03 Å². The molecule has 1 rings (SSSR count). The maximum Gasteiger partial charge on any atom is 0.321 e. The van der Waals surface area contributed by atoms with Crippen LogP contribution >= 0.6 is 0 Å². The number of benzene rings is 1. The third-order valence-electron chi connectivity index (χ3n) is 2.97. The van der Waals surface area contributed by atoms with E-state index in [1.54, 1.807) is 0 Å². The Hall–Kier alpha value is -1.49. The fourth-order valence-electron chi connectivity index (χ4n) is 1.51. The van der Waals surface area contributed by atoms with E-state index in [9.17, 15) is 21.6 Å². The number of nitrogens with zero attached hydrogens (tertiary/aromatic N) is 1. The largest absolute Gasteiger partial charge is 0.480 e. The van der Waals surface area contributed by atoms with Gasteiger partial charge in [0, 0.05) is 7.05 Å². The molecule has 0 aliphatic heterocycles. The number of carboxylic acids is 1. The highest BCUT2D eigenvalue weighted by Gasteiger charge is 2.33. The molecule has 0 heterocycles. The molecule has 21 heavy (non-hydrogen) atoms. The molecule has 8 nitrogen and oxygen atoms in total. The zero-order valence-corrected chi connectivity index (χ0v) is 13.3. The fourth-order valence-corrected chi connectivity index (χ4v) is 4.36. The van der Waals surface area contributed by atoms with E-state index in [1.165, 1.54) is 19.1 Å². The second kappa shape index (κ2) is 6.10. The summed E-state index contributed by atoms with van der Waals surface area (Å²) < 4.78 is 51.3. The van der Waals surface area contributed by atoms with Crippen LogP contribution in [0.25, 0.3) is 0 Å². The summed E-state index contributed by atoms with van der Waals surface area (Å²) in [5, 5.41) is 8.90. The molecule has 0 aliphatic carbocycles. The van der Waals surface area contributed by atoms with Gasteiger partial charge in [-0.3, -0.25) is 4.79 Å². The minimum atomic E-state index is -4.27. The molecular weight excluding hydrogens is 320 g/mol. The Kier molecular flexibility index (Phi) is 5.10. The van der Waals surface area contributed by atoms with Crippen LogP contribution in [-0.2, 0) is 24.8 Å². The van der Waals surface area contributed by atoms with E-state index in [4.69, 9.17) is 5.11 Å². The second-order valence-corrected chi connectivity index (χ2v) is 8.01. The third kappa shape index (κ3) is 3.40. The number of sulfonamides is 2. The van der Waals surface area contributed by atoms with Gasteiger partial charge in [0.15, 0.2) is 0 Å². The maximum atomic E-state index is 12.4. The Labute approximate surface area is 123 Å². The number of hydrogen-bond acceptors (Lipinski definition) is 5. The van der Waals surface area contributed by atoms with Crippen molar-refractivity contribution in [3.05, 3.63) is 24.3 Å². The minimum absolute atomic E-state index is 0.433. The highest BCUT2D eigenvalue weighted by atomic mass is 32.2. The Bertz CT molecular complexity index is 742. The summed E-state index contributed by atoms with van der Waals surface area (Å²) in [5.41, 5.74) is 0. The number of carboxylic acid groups (broad SMARTS) is 1. The monoisotopic (exact) mass is 336 g/mol. The summed E-state index contributed by atoms with van der Waals surface area (Å²) >= 11 is 0. The SMILES string of the molecule is CNS(=O)(=O)c1ccccc1S(=O)(=O)N(C)C(C)C(=O)O. The molecule has 0 saturated heterocycles. The van der Waals surface area contributed by atoms with Gasteiger partial charge >= 0.3 is 5.97 Å². The molecule has 2 N–H and O–H groups in total. The number of likely N-dealkylation sites (N-methyl/N-ethyl adjacent to an activating group) is 1. The van der Waals surface area contributed by atoms with Crippen LogP contribution in [0.5, 0.6) is 0 Å². The number of aliphatic carboxylic acids is 1. The molecule has 0 aromatic heterocycles. The molecule has 0 radical (unpaired) electrons. The maximum absolute atomic E-state index is 12.4. The van der Waals surface area contributed by atoms with Crippen molar-refractivity contribution in [2.24, 2.45) is 0 Å². The number of hydrogen-bond donors (Lipinski definition) is 2. The first kappa shape index (κ1) is 17.6. The van der Waals surface area contributed by atoms with Gasteiger partial charge in [-0.1, -0.05) is 12.1 Å². The predicted molar refractivity (Wildman–Crippen MR) is 74.7 cm³/mol. The van der Waals surface area contributed by atoms with Gasteiger partial charge in [-0.15, -0.1) is 0 Å². The van der Waals surface area contributed by atoms with E-state index >= 15 is 0 Å². The predicted octanol–water partition coefficient (Wildman–Crippen LogP) is -0.312. The second-order valence-electron chi connectivity index (χ2n) is 4.19. The van der Waals surface area contributed by atoms with Gasteiger partial charge in [0.25, 0.3) is 0 Å². The van der Waals surface area contributed by atoms with E-state index in [0.717, 1.165) is 26.2 Å². The van der Waals surface area contributed by atoms with Crippen LogP contribution in [0.4, 0.5) is 0 Å². The van der Waals surface area contributed by atoms with Gasteiger partial charge in [-0.2, -0.15) is 4.31 Å². The highest BCUT2D eigenvalue weighted by molar-refractivity contribution is 7.92. The summed E-state index contributed by atoms with van der Waals surface area (Å²) in [4.78, 5) is 10.0. The van der Waals surface area contributed by atoms with Crippen molar-refractivity contribution in [3.63, 3.8) is 0 Å². The van der Waals surface area contributed by atoms with E-state index < -0.39 is 41.8 Å². The molecule has 0 saturated carbocycles. The van der Waals surface area contributed by atoms with Crippen molar-refractivity contribution in [3.8, 4) is 0 Å². The Balaban J connectivity index is 3.51. The molecule has 1 aromatic rings. The summed E-state index contributed by atoms with van der Waals surface area (Å²) in [6, 6.07) is 3.66. The van der Waals surface area contributed by atoms with E-state index in [0.29, 0.717) is 4.31 Å². The van der Waals surface area contributed by atoms with Crippen LogP contribution in [0.15, 0.2) is 34.1 Å². The molecule has 118 valence electrons. The number of nitrogens with one attached hydrogen (secondary N) is 1. The topological polar surface area (TPSA) is 121 Å². The first-order valence-electron chi connectivity index (χ1n) is 5.79. The van der Waals surface area contributed by atoms with Gasteiger partial charge in [-0.25, -0.2) is 21.6 Å². The lowest BCUT2D eigenvalue weighted by molar-refractivity contribution is -0.140. The summed E-state index contributed by atoms with van der Waals surface area (Å²) in [5.74, 6) is -1.34. The molecule has 0 amide bonds. The van der Waals surface area contributed by atoms with Crippen molar-refractivity contribution in [2.75, 3.05) is 14.1 Å². The minimum Gasteiger partial charge on any atom is -0.480 e. The molecule has 0 bridgehead atoms. The molecule has 1 atom stereocenters. The quantitative estimate of drug-likeness (QED) is 0.735. The molecule has 1 aromatic carbocycles. The summed E-state index contributed by atoms with van der Waals surface area (Å²) in [7, 11) is -6.03. The van der Waals surface area contributed by atoms with Crippen LogP contribution in [0.3, 0.4) is 0 Å². The van der Waals surface area contributed by atoms with Crippen molar-refractivity contribution < 1.29 is 26.7 Å². The van der Waals surface area contributed by atoms with Crippen LogP contribution in [0.2, 0.25) is 0 Å². The molecule has 0 fully saturated rings. The zero-order valence-electron chi connectivity index (χ0n) is 11.6. The normalized spacial score (nSPS) is 14.1. The van der Waals surface area contributed by atoms with Crippen LogP contribution < -0.4 is 4.72 Å². The molecule has 1 unspecified atom stereocenters. The van der Waals surface area contributed by atoms with Crippen molar-refractivity contribution >= 4 is 26.0 Å². The van der Waals surface area contributed by atoms with E-state index in [1.807, 2.05) is 4.72 Å². The number of rotatable bonds is 6. The molecule has 0 aliphatic rings. The highest BCUT2D eigenvalue weighted by Crippen LogP contribution is 2.24. The van der Waals surface area contributed by atoms with Crippen LogP contribution in [0, 0.1) is 0 Å². The first-order chi connectivity index (χ1) is 9.55. The zero-order chi connectivity index (χ0) is 16.4. The Morgan fingerprint density at radius 1 is 1.19 bits per heavy atom. The first-order valence-corrected chi connectivity index (χ1v) is 8.71. The summed E-state index contributed by atoms with van der Waals surface area (Å²) in [6.07, 6.45) is 0. The third-order valence-corrected chi connectivity index (χ3v) is 6.56. The lowest BCUT2D eigenvalue weighted by atomic mass is 10.4. The standard InChI is InChI=1S/C11H16N2O6S2/c1-8(11(14)15)13(3)21(18,19)10-7-5-4-6-9(10)20(16,17)12-2/h4-8,12H,1-3H3,(H,14,15). The molecule has 10 heteroatoms. The average molecular weight is 336 g/mol. The van der Waals surface area contributed by atoms with Gasteiger partial charge in [-0.05, 0) is 26.1 Å². The fraction of sp³-hybridized carbons (Fsp3) is 0.364. The van der Waals surface area contributed by atoms with Crippen molar-refractivity contribution in [1.29, 1.82) is 0 Å². The van der Waals surface area contributed by atoms with Crippen LogP contribution in [0.1, 0.15) is 6.92 Å². The van der Waals surface area contributed by atoms with E-state index in [-0.39, 0.29) is 0 Å². The lowest BCUT2D eigenvalue weighted by Gasteiger charge is -2.22. The van der Waals surface area contributed by atoms with Crippen molar-refractivity contribution in [2.45, 2.75) is 22.8 Å². The van der Waals surface area contributed by atoms with Gasteiger partial charge < -0.3 is 5.11 Å². The van der Waals surface area contributed by atoms with Gasteiger partial charge in [0.05, 0.1) is 0 Å². The number of carbonyl (C=O) groups is 1. The van der Waals surface area contributed by atoms with Gasteiger partial charge in [0.1, 0.15) is 15.8 Å². The summed E-state index contributed by atoms with van der Waals surface area (Å²) in [6.45, 7) is 1.19. The van der Waals surface area contributed by atoms with Gasteiger partial charge in [0.2, 0.25) is 20.0 Å². The average Bonchev–Trinajstić information content (AvgIpc) is 2.45.